The highest BCUT2D eigenvalue weighted by Crippen LogP contribution is 2.32. The molecule has 2 heterocycles. The average molecular weight is 270 g/mol. The van der Waals surface area contributed by atoms with Gasteiger partial charge in [-0.05, 0) is 53.8 Å². The van der Waals surface area contributed by atoms with Crippen LogP contribution in [0.5, 0.6) is 0 Å². The molecule has 2 atom stereocenters. The van der Waals surface area contributed by atoms with E-state index >= 15 is 0 Å². The van der Waals surface area contributed by atoms with Gasteiger partial charge in [-0.25, -0.2) is 4.79 Å². The molecule has 2 aliphatic rings. The Labute approximate surface area is 114 Å². The molecule has 0 aromatic heterocycles. The molecule has 102 valence electrons. The van der Waals surface area contributed by atoms with Gasteiger partial charge in [0.1, 0.15) is 12.3 Å². The standard InChI is InChI=1S/C12H22N4OS/c1-11(2,3)15-8-7(13-9(15)17)16(10(18)14-8)12(4,5)6/h7-8H,1-6H3,(H,13,17)(H,14,18). The maximum atomic E-state index is 12.1. The minimum Gasteiger partial charge on any atom is -0.339 e. The number of nitrogens with one attached hydrogen (secondary N) is 2. The van der Waals surface area contributed by atoms with Crippen LogP contribution < -0.4 is 10.6 Å². The zero-order valence-corrected chi connectivity index (χ0v) is 12.7. The zero-order chi connectivity index (χ0) is 13.9. The lowest BCUT2D eigenvalue weighted by Gasteiger charge is -2.36. The average Bonchev–Trinajstić information content (AvgIpc) is 2.52. The fourth-order valence-corrected chi connectivity index (χ4v) is 3.17. The van der Waals surface area contributed by atoms with Crippen molar-refractivity contribution in [2.24, 2.45) is 0 Å². The van der Waals surface area contributed by atoms with E-state index in [4.69, 9.17) is 12.2 Å². The molecule has 6 heteroatoms. The SMILES string of the molecule is CC(C)(C)N1C(=O)NC2C1NC(=S)N2C(C)(C)C. The second kappa shape index (κ2) is 3.73. The summed E-state index contributed by atoms with van der Waals surface area (Å²) in [6.45, 7) is 12.4. The summed E-state index contributed by atoms with van der Waals surface area (Å²) in [6, 6.07) is -0.0400. The van der Waals surface area contributed by atoms with Gasteiger partial charge in [0.2, 0.25) is 0 Å². The van der Waals surface area contributed by atoms with Crippen molar-refractivity contribution in [2.75, 3.05) is 0 Å². The highest BCUT2D eigenvalue weighted by atomic mass is 32.1. The lowest BCUT2D eigenvalue weighted by atomic mass is 10.0. The van der Waals surface area contributed by atoms with Crippen LogP contribution in [0.15, 0.2) is 0 Å². The van der Waals surface area contributed by atoms with Crippen molar-refractivity contribution in [3.63, 3.8) is 0 Å². The Morgan fingerprint density at radius 1 is 0.944 bits per heavy atom. The van der Waals surface area contributed by atoms with E-state index in [0.717, 1.165) is 0 Å². The van der Waals surface area contributed by atoms with Gasteiger partial charge >= 0.3 is 6.03 Å². The number of hydrogen-bond acceptors (Lipinski definition) is 2. The monoisotopic (exact) mass is 270 g/mol. The van der Waals surface area contributed by atoms with Gasteiger partial charge in [-0.1, -0.05) is 0 Å². The van der Waals surface area contributed by atoms with Gasteiger partial charge in [0.25, 0.3) is 0 Å². The van der Waals surface area contributed by atoms with E-state index in [2.05, 4.69) is 36.3 Å². The molecule has 0 aliphatic carbocycles. The van der Waals surface area contributed by atoms with Crippen molar-refractivity contribution in [2.45, 2.75) is 65.0 Å². The normalized spacial score (nSPS) is 28.3. The van der Waals surface area contributed by atoms with Crippen molar-refractivity contribution >= 4 is 23.4 Å². The molecule has 2 N–H and O–H groups in total. The summed E-state index contributed by atoms with van der Waals surface area (Å²) >= 11 is 5.39. The van der Waals surface area contributed by atoms with Gasteiger partial charge < -0.3 is 15.5 Å². The van der Waals surface area contributed by atoms with Crippen LogP contribution in [0.25, 0.3) is 0 Å². The first-order chi connectivity index (χ1) is 8.03. The molecule has 0 aromatic rings. The summed E-state index contributed by atoms with van der Waals surface area (Å²) in [5.41, 5.74) is -0.356. The minimum absolute atomic E-state index is 0.0400. The predicted octanol–water partition coefficient (Wildman–Crippen LogP) is 1.45. The third kappa shape index (κ3) is 1.92. The highest BCUT2D eigenvalue weighted by molar-refractivity contribution is 7.80. The summed E-state index contributed by atoms with van der Waals surface area (Å²) in [5, 5.41) is 6.98. The van der Waals surface area contributed by atoms with E-state index in [1.165, 1.54) is 0 Å². The lowest BCUT2D eigenvalue weighted by molar-refractivity contribution is 0.111. The lowest BCUT2D eigenvalue weighted by Crippen LogP contribution is -2.52. The second-order valence-electron chi connectivity index (χ2n) is 6.87. The molecule has 0 aromatic carbocycles. The number of hydrogen-bond donors (Lipinski definition) is 2. The third-order valence-corrected chi connectivity index (χ3v) is 3.60. The van der Waals surface area contributed by atoms with Gasteiger partial charge in [-0.15, -0.1) is 0 Å². The van der Waals surface area contributed by atoms with E-state index < -0.39 is 0 Å². The summed E-state index contributed by atoms with van der Waals surface area (Å²) in [6.07, 6.45) is -0.187. The Morgan fingerprint density at radius 3 is 1.83 bits per heavy atom. The molecule has 0 spiro atoms. The Balaban J connectivity index is 2.33. The number of thiocarbonyl (C=S) groups is 1. The maximum absolute atomic E-state index is 12.1. The van der Waals surface area contributed by atoms with Gasteiger partial charge in [-0.3, -0.25) is 4.90 Å². The number of amides is 2. The molecule has 0 radical (unpaired) electrons. The number of urea groups is 1. The maximum Gasteiger partial charge on any atom is 0.321 e. The number of fused-ring (bicyclic) bond motifs is 1. The summed E-state index contributed by atoms with van der Waals surface area (Å²) in [7, 11) is 0. The van der Waals surface area contributed by atoms with Crippen LogP contribution in [0.4, 0.5) is 4.79 Å². The van der Waals surface area contributed by atoms with Crippen molar-refractivity contribution < 1.29 is 4.79 Å². The molecular weight excluding hydrogens is 248 g/mol. The largest absolute Gasteiger partial charge is 0.339 e. The van der Waals surface area contributed by atoms with Crippen LogP contribution in [0, 0.1) is 0 Å². The van der Waals surface area contributed by atoms with Crippen molar-refractivity contribution in [1.29, 1.82) is 0 Å². The Kier molecular flexibility index (Phi) is 2.77. The van der Waals surface area contributed by atoms with E-state index in [1.807, 2.05) is 25.7 Å². The quantitative estimate of drug-likeness (QED) is 0.654. The van der Waals surface area contributed by atoms with Crippen LogP contribution in [0.1, 0.15) is 41.5 Å². The molecule has 18 heavy (non-hydrogen) atoms. The minimum atomic E-state index is -0.236. The fourth-order valence-electron chi connectivity index (χ4n) is 2.66. The van der Waals surface area contributed by atoms with Crippen LogP contribution in [-0.2, 0) is 0 Å². The van der Waals surface area contributed by atoms with Crippen LogP contribution in [0.3, 0.4) is 0 Å². The number of rotatable bonds is 0. The first-order valence-corrected chi connectivity index (χ1v) is 6.64. The van der Waals surface area contributed by atoms with Crippen LogP contribution in [0.2, 0.25) is 0 Å². The van der Waals surface area contributed by atoms with E-state index in [1.54, 1.807) is 0 Å². The topological polar surface area (TPSA) is 47.6 Å². The van der Waals surface area contributed by atoms with Crippen LogP contribution in [-0.4, -0.2) is 44.4 Å². The first kappa shape index (κ1) is 13.4. The van der Waals surface area contributed by atoms with Gasteiger partial charge in [0, 0.05) is 11.1 Å². The van der Waals surface area contributed by atoms with E-state index in [-0.39, 0.29) is 29.4 Å². The van der Waals surface area contributed by atoms with E-state index in [9.17, 15) is 4.79 Å². The number of carbonyl (C=O) groups excluding carboxylic acids is 1. The van der Waals surface area contributed by atoms with Gasteiger partial charge in [0.05, 0.1) is 0 Å². The molecule has 2 fully saturated rings. The number of carbonyl (C=O) groups is 1. The van der Waals surface area contributed by atoms with Crippen molar-refractivity contribution in [3.8, 4) is 0 Å². The van der Waals surface area contributed by atoms with Gasteiger partial charge in [0.15, 0.2) is 5.11 Å². The predicted molar refractivity (Wildman–Crippen MR) is 75.0 cm³/mol. The molecule has 2 rings (SSSR count). The second-order valence-corrected chi connectivity index (χ2v) is 7.26. The fraction of sp³-hybridized carbons (Fsp3) is 0.833. The molecule has 2 aliphatic heterocycles. The Hall–Kier alpha value is -1.04. The Bertz CT molecular complexity index is 358. The van der Waals surface area contributed by atoms with Gasteiger partial charge in [-0.2, -0.15) is 0 Å². The molecule has 0 saturated carbocycles. The third-order valence-electron chi connectivity index (χ3n) is 3.28. The molecular formula is C12H22N4OS. The van der Waals surface area contributed by atoms with E-state index in [0.29, 0.717) is 5.11 Å². The summed E-state index contributed by atoms with van der Waals surface area (Å²) in [5.74, 6) is 0. The molecule has 2 unspecified atom stereocenters. The zero-order valence-electron chi connectivity index (χ0n) is 11.9. The summed E-state index contributed by atoms with van der Waals surface area (Å²) in [4.78, 5) is 16.0. The molecule has 5 nitrogen and oxygen atoms in total. The summed E-state index contributed by atoms with van der Waals surface area (Å²) < 4.78 is 0. The molecule has 2 saturated heterocycles. The van der Waals surface area contributed by atoms with Crippen molar-refractivity contribution in [3.05, 3.63) is 0 Å². The highest BCUT2D eigenvalue weighted by Gasteiger charge is 2.54. The number of nitrogens with zero attached hydrogens (tertiary/aromatic N) is 2. The first-order valence-electron chi connectivity index (χ1n) is 6.23. The molecule has 2 amide bonds. The Morgan fingerprint density at radius 2 is 1.39 bits per heavy atom. The van der Waals surface area contributed by atoms with Crippen molar-refractivity contribution in [1.82, 2.24) is 20.4 Å². The van der Waals surface area contributed by atoms with Crippen LogP contribution >= 0.6 is 12.2 Å². The smallest absolute Gasteiger partial charge is 0.321 e. The molecule has 0 bridgehead atoms.